The van der Waals surface area contributed by atoms with Gasteiger partial charge in [-0.15, -0.1) is 0 Å². The van der Waals surface area contributed by atoms with Gasteiger partial charge in [0.1, 0.15) is 29.8 Å². The number of anilines is 2. The van der Waals surface area contributed by atoms with Gasteiger partial charge in [-0.3, -0.25) is 0 Å². The van der Waals surface area contributed by atoms with E-state index in [0.717, 1.165) is 31.1 Å². The highest BCUT2D eigenvalue weighted by molar-refractivity contribution is 5.89. The Morgan fingerprint density at radius 3 is 2.67 bits per heavy atom. The second kappa shape index (κ2) is 8.47. The first-order chi connectivity index (χ1) is 14.4. The third kappa shape index (κ3) is 4.18. The highest BCUT2D eigenvalue weighted by Gasteiger charge is 2.43. The van der Waals surface area contributed by atoms with E-state index in [0.29, 0.717) is 29.6 Å². The lowest BCUT2D eigenvalue weighted by Gasteiger charge is -2.35. The molecule has 2 aromatic rings. The van der Waals surface area contributed by atoms with Crippen LogP contribution in [-0.2, 0) is 4.74 Å². The molecule has 0 unspecified atom stereocenters. The van der Waals surface area contributed by atoms with Crippen molar-refractivity contribution in [3.63, 3.8) is 0 Å². The number of ether oxygens (including phenoxy) is 2. The Morgan fingerprint density at radius 1 is 1.17 bits per heavy atom. The van der Waals surface area contributed by atoms with Crippen molar-refractivity contribution >= 4 is 17.6 Å². The quantitative estimate of drug-likeness (QED) is 0.746. The predicted molar refractivity (Wildman–Crippen MR) is 113 cm³/mol. The molecule has 8 nitrogen and oxygen atoms in total. The molecule has 0 bridgehead atoms. The molecule has 1 saturated heterocycles. The normalized spacial score (nSPS) is 25.5. The van der Waals surface area contributed by atoms with Gasteiger partial charge in [0.2, 0.25) is 0 Å². The number of aliphatic hydroxyl groups excluding tert-OH is 1. The predicted octanol–water partition coefficient (Wildman–Crippen LogP) is 1.98. The number of hydrogen-bond acceptors (Lipinski definition) is 8. The summed E-state index contributed by atoms with van der Waals surface area (Å²) in [5.41, 5.74) is 0.436. The molecule has 1 aromatic heterocycles. The highest BCUT2D eigenvalue weighted by atomic mass is 16.5. The molecular weight excluding hydrogens is 384 g/mol. The van der Waals surface area contributed by atoms with Crippen molar-refractivity contribution in [2.45, 2.75) is 25.0 Å². The number of aliphatic hydroxyl groups is 1. The molecule has 1 aliphatic carbocycles. The summed E-state index contributed by atoms with van der Waals surface area (Å²) in [5.74, 6) is 2.78. The molecule has 2 heterocycles. The lowest BCUT2D eigenvalue weighted by Crippen LogP contribution is -2.42. The first-order valence-electron chi connectivity index (χ1n) is 10.2. The van der Waals surface area contributed by atoms with Gasteiger partial charge < -0.3 is 24.4 Å². The number of methoxy groups -OCH3 is 1. The first-order valence-corrected chi connectivity index (χ1v) is 10.2. The van der Waals surface area contributed by atoms with Crippen LogP contribution in [-0.4, -0.2) is 67.5 Å². The van der Waals surface area contributed by atoms with Crippen LogP contribution in [0.2, 0.25) is 0 Å². The fraction of sp³-hybridized carbons (Fsp3) is 0.500. The lowest BCUT2D eigenvalue weighted by atomic mass is 9.78. The molecule has 0 radical (unpaired) electrons. The molecule has 1 N–H and O–H groups in total. The van der Waals surface area contributed by atoms with E-state index in [4.69, 9.17) is 9.47 Å². The Morgan fingerprint density at radius 2 is 1.93 bits per heavy atom. The van der Waals surface area contributed by atoms with Crippen molar-refractivity contribution < 1.29 is 19.4 Å². The second-order valence-electron chi connectivity index (χ2n) is 8.27. The van der Waals surface area contributed by atoms with Crippen LogP contribution in [0.5, 0.6) is 5.75 Å². The first kappa shape index (κ1) is 20.4. The Kier molecular flexibility index (Phi) is 5.76. The van der Waals surface area contributed by atoms with Gasteiger partial charge in [-0.05, 0) is 42.9 Å². The number of fused-ring (bicyclic) bond motifs is 1. The maximum absolute atomic E-state index is 11.8. The lowest BCUT2D eigenvalue weighted by molar-refractivity contribution is -0.0231. The molecule has 4 atom stereocenters. The summed E-state index contributed by atoms with van der Waals surface area (Å²) in [6.45, 7) is 1.75. The number of benzene rings is 1. The molecule has 2 aliphatic rings. The van der Waals surface area contributed by atoms with Crippen LogP contribution < -0.4 is 14.5 Å². The minimum Gasteiger partial charge on any atom is -0.488 e. The molecule has 0 spiro atoms. The van der Waals surface area contributed by atoms with Crippen molar-refractivity contribution in [3.05, 3.63) is 42.2 Å². The van der Waals surface area contributed by atoms with Crippen molar-refractivity contribution in [2.75, 3.05) is 44.1 Å². The Hall–Kier alpha value is -2.87. The molecule has 1 aliphatic heterocycles. The zero-order valence-electron chi connectivity index (χ0n) is 17.6. The molecule has 160 valence electrons. The van der Waals surface area contributed by atoms with Crippen LogP contribution in [0, 0.1) is 11.8 Å². The van der Waals surface area contributed by atoms with Gasteiger partial charge in [0.15, 0.2) is 0 Å². The van der Waals surface area contributed by atoms with Gasteiger partial charge in [0.05, 0.1) is 18.8 Å². The number of carbonyl (C=O) groups is 1. The molecule has 8 heteroatoms. The van der Waals surface area contributed by atoms with Crippen LogP contribution >= 0.6 is 0 Å². The minimum atomic E-state index is -0.546. The largest absolute Gasteiger partial charge is 0.488 e. The average Bonchev–Trinajstić information content (AvgIpc) is 3.16. The number of esters is 1. The average molecular weight is 412 g/mol. The summed E-state index contributed by atoms with van der Waals surface area (Å²) in [7, 11) is 5.28. The summed E-state index contributed by atoms with van der Waals surface area (Å²) in [6, 6.07) is 8.91. The summed E-state index contributed by atoms with van der Waals surface area (Å²) in [6.07, 6.45) is 2.20. The maximum Gasteiger partial charge on any atom is 0.337 e. The number of rotatable bonds is 5. The third-order valence-corrected chi connectivity index (χ3v) is 6.05. The van der Waals surface area contributed by atoms with Gasteiger partial charge in [0, 0.05) is 33.3 Å². The fourth-order valence-corrected chi connectivity index (χ4v) is 4.45. The van der Waals surface area contributed by atoms with Crippen molar-refractivity contribution in [1.29, 1.82) is 0 Å². The van der Waals surface area contributed by atoms with Gasteiger partial charge in [-0.2, -0.15) is 0 Å². The van der Waals surface area contributed by atoms with Gasteiger partial charge >= 0.3 is 5.97 Å². The van der Waals surface area contributed by atoms with Crippen LogP contribution in [0.25, 0.3) is 0 Å². The molecular formula is C22H28N4O4. The highest BCUT2D eigenvalue weighted by Crippen LogP contribution is 2.39. The summed E-state index contributed by atoms with van der Waals surface area (Å²) >= 11 is 0. The molecule has 30 heavy (non-hydrogen) atoms. The molecule has 1 aromatic carbocycles. The van der Waals surface area contributed by atoms with Gasteiger partial charge in [-0.1, -0.05) is 6.07 Å². The monoisotopic (exact) mass is 412 g/mol. The summed E-state index contributed by atoms with van der Waals surface area (Å²) < 4.78 is 10.9. The van der Waals surface area contributed by atoms with E-state index < -0.39 is 12.1 Å². The summed E-state index contributed by atoms with van der Waals surface area (Å²) in [5, 5.41) is 10.7. The second-order valence-corrected chi connectivity index (χ2v) is 8.27. The standard InChI is InChI=1S/C22H28N4O4/c1-25(2)20-10-21(24-13-23-20)26-11-15-8-18(27)19(9-16(15)12-26)30-17-6-4-5-14(7-17)22(28)29-3/h4-7,10,13,15-16,18-19,27H,8-9,11-12H2,1-3H3/t15-,16+,18+,19+/m0/s1. The van der Waals surface area contributed by atoms with Crippen molar-refractivity contribution in [1.82, 2.24) is 9.97 Å². The van der Waals surface area contributed by atoms with E-state index in [1.54, 1.807) is 30.6 Å². The van der Waals surface area contributed by atoms with E-state index in [9.17, 15) is 9.90 Å². The van der Waals surface area contributed by atoms with Gasteiger partial charge in [-0.25, -0.2) is 14.8 Å². The van der Waals surface area contributed by atoms with Crippen LogP contribution in [0.3, 0.4) is 0 Å². The SMILES string of the molecule is COC(=O)c1cccc(O[C@@H]2C[C@@H]3CN(c4cc(N(C)C)ncn4)C[C@@H]3C[C@H]2O)c1. The number of aromatic nitrogens is 2. The Labute approximate surface area is 176 Å². The number of hydrogen-bond donors (Lipinski definition) is 1. The van der Waals surface area contributed by atoms with E-state index in [1.807, 2.05) is 25.1 Å². The molecule has 4 rings (SSSR count). The van der Waals surface area contributed by atoms with E-state index in [-0.39, 0.29) is 6.10 Å². The Bertz CT molecular complexity index is 906. The smallest absolute Gasteiger partial charge is 0.337 e. The topological polar surface area (TPSA) is 88.0 Å². The van der Waals surface area contributed by atoms with E-state index >= 15 is 0 Å². The zero-order chi connectivity index (χ0) is 21.3. The molecule has 0 amide bonds. The fourth-order valence-electron chi connectivity index (χ4n) is 4.45. The third-order valence-electron chi connectivity index (χ3n) is 6.05. The number of nitrogens with zero attached hydrogens (tertiary/aromatic N) is 4. The van der Waals surface area contributed by atoms with E-state index in [2.05, 4.69) is 14.9 Å². The maximum atomic E-state index is 11.8. The van der Waals surface area contributed by atoms with Crippen LogP contribution in [0.1, 0.15) is 23.2 Å². The number of carbonyl (C=O) groups excluding carboxylic acids is 1. The Balaban J connectivity index is 1.44. The van der Waals surface area contributed by atoms with Crippen LogP contribution in [0.15, 0.2) is 36.7 Å². The zero-order valence-corrected chi connectivity index (χ0v) is 17.6. The van der Waals surface area contributed by atoms with Gasteiger partial charge in [0.25, 0.3) is 0 Å². The van der Waals surface area contributed by atoms with Crippen LogP contribution in [0.4, 0.5) is 11.6 Å². The summed E-state index contributed by atoms with van der Waals surface area (Å²) in [4.78, 5) is 24.7. The molecule has 1 saturated carbocycles. The molecule has 2 fully saturated rings. The van der Waals surface area contributed by atoms with Crippen molar-refractivity contribution in [3.8, 4) is 5.75 Å². The van der Waals surface area contributed by atoms with Crippen molar-refractivity contribution in [2.24, 2.45) is 11.8 Å². The minimum absolute atomic E-state index is 0.304. The van der Waals surface area contributed by atoms with E-state index in [1.165, 1.54) is 7.11 Å².